The van der Waals surface area contributed by atoms with E-state index in [-0.39, 0.29) is 6.04 Å². The Bertz CT molecular complexity index is 588. The summed E-state index contributed by atoms with van der Waals surface area (Å²) in [6.07, 6.45) is 0. The Morgan fingerprint density at radius 3 is 2.43 bits per heavy atom. The van der Waals surface area contributed by atoms with Crippen LogP contribution in [0.5, 0.6) is 5.75 Å². The van der Waals surface area contributed by atoms with Crippen LogP contribution in [0.1, 0.15) is 13.8 Å². The van der Waals surface area contributed by atoms with Crippen molar-refractivity contribution < 1.29 is 13.2 Å². The predicted octanol–water partition coefficient (Wildman–Crippen LogP) is 1.22. The molecule has 1 aliphatic carbocycles. The minimum atomic E-state index is -3.42. The molecule has 1 aromatic carbocycles. The minimum Gasteiger partial charge on any atom is -0.493 e. The molecule has 2 N–H and O–H groups in total. The molecule has 1 saturated carbocycles. The Morgan fingerprint density at radius 1 is 1.24 bits per heavy atom. The Labute approximate surface area is 126 Å². The Morgan fingerprint density at radius 2 is 1.86 bits per heavy atom. The summed E-state index contributed by atoms with van der Waals surface area (Å²) in [6.45, 7) is 6.61. The number of piperidine rings is 1. The van der Waals surface area contributed by atoms with Crippen molar-refractivity contribution in [3.05, 3.63) is 24.3 Å². The first kappa shape index (κ1) is 14.8. The quantitative estimate of drug-likeness (QED) is 0.829. The van der Waals surface area contributed by atoms with Crippen LogP contribution < -0.4 is 14.8 Å². The van der Waals surface area contributed by atoms with Crippen LogP contribution >= 0.6 is 0 Å². The number of hydrogen-bond acceptors (Lipinski definition) is 4. The lowest BCUT2D eigenvalue weighted by molar-refractivity contribution is 0.271. The summed E-state index contributed by atoms with van der Waals surface area (Å²) in [7, 11) is -3.42. The normalized spacial score (nSPS) is 27.7. The molecule has 1 heterocycles. The second kappa shape index (κ2) is 5.59. The molecule has 2 fully saturated rings. The SMILES string of the molecule is CC(C)COc1ccc(S(=O)(=O)NC2C3CNCC32)cc1. The van der Waals surface area contributed by atoms with Crippen molar-refractivity contribution in [3.8, 4) is 5.75 Å². The average Bonchev–Trinajstić information content (AvgIpc) is 2.88. The standard InChI is InChI=1S/C15H22N2O3S/c1-10(2)9-20-11-3-5-12(6-4-11)21(18,19)17-15-13-7-16-8-14(13)15/h3-6,10,13-17H,7-9H2,1-2H3. The van der Waals surface area contributed by atoms with E-state index >= 15 is 0 Å². The van der Waals surface area contributed by atoms with Crippen molar-refractivity contribution in [1.29, 1.82) is 0 Å². The third-order valence-electron chi connectivity index (χ3n) is 4.10. The second-order valence-electron chi connectivity index (χ2n) is 6.31. The van der Waals surface area contributed by atoms with Crippen molar-refractivity contribution in [3.63, 3.8) is 0 Å². The minimum absolute atomic E-state index is 0.105. The first-order valence-electron chi connectivity index (χ1n) is 7.43. The van der Waals surface area contributed by atoms with E-state index < -0.39 is 10.0 Å². The van der Waals surface area contributed by atoms with Gasteiger partial charge in [0.2, 0.25) is 10.0 Å². The van der Waals surface area contributed by atoms with E-state index in [0.717, 1.165) is 13.1 Å². The molecular weight excluding hydrogens is 288 g/mol. The van der Waals surface area contributed by atoms with Crippen LogP contribution in [0.25, 0.3) is 0 Å². The Kier molecular flexibility index (Phi) is 3.94. The van der Waals surface area contributed by atoms with Crippen molar-refractivity contribution in [2.45, 2.75) is 24.8 Å². The lowest BCUT2D eigenvalue weighted by Crippen LogP contribution is -2.32. The van der Waals surface area contributed by atoms with Crippen LogP contribution in [0, 0.1) is 17.8 Å². The van der Waals surface area contributed by atoms with E-state index in [4.69, 9.17) is 4.74 Å². The van der Waals surface area contributed by atoms with Gasteiger partial charge in [-0.3, -0.25) is 0 Å². The van der Waals surface area contributed by atoms with E-state index in [0.29, 0.717) is 35.0 Å². The summed E-state index contributed by atoms with van der Waals surface area (Å²) in [5.41, 5.74) is 0. The van der Waals surface area contributed by atoms with Gasteiger partial charge in [-0.1, -0.05) is 13.8 Å². The molecule has 1 aliphatic heterocycles. The van der Waals surface area contributed by atoms with Gasteiger partial charge in [0, 0.05) is 6.04 Å². The molecule has 2 aliphatic rings. The molecule has 0 aromatic heterocycles. The molecule has 3 rings (SSSR count). The molecule has 0 bridgehead atoms. The Hall–Kier alpha value is -1.11. The first-order chi connectivity index (χ1) is 9.97. The Balaban J connectivity index is 1.62. The molecule has 5 nitrogen and oxygen atoms in total. The molecule has 0 spiro atoms. The number of rotatable bonds is 6. The highest BCUT2D eigenvalue weighted by Crippen LogP contribution is 2.42. The van der Waals surface area contributed by atoms with Crippen molar-refractivity contribution >= 4 is 10.0 Å². The van der Waals surface area contributed by atoms with Crippen molar-refractivity contribution in [1.82, 2.24) is 10.0 Å². The van der Waals surface area contributed by atoms with Gasteiger partial charge in [0.1, 0.15) is 5.75 Å². The number of fused-ring (bicyclic) bond motifs is 1. The van der Waals surface area contributed by atoms with Crippen LogP contribution in [0.4, 0.5) is 0 Å². The highest BCUT2D eigenvalue weighted by Gasteiger charge is 2.54. The molecule has 6 heteroatoms. The summed E-state index contributed by atoms with van der Waals surface area (Å²) < 4.78 is 33.0. The molecule has 1 saturated heterocycles. The molecule has 0 amide bonds. The van der Waals surface area contributed by atoms with E-state index in [2.05, 4.69) is 23.9 Å². The maximum Gasteiger partial charge on any atom is 0.240 e. The second-order valence-corrected chi connectivity index (χ2v) is 8.02. The van der Waals surface area contributed by atoms with Gasteiger partial charge in [-0.15, -0.1) is 0 Å². The summed E-state index contributed by atoms with van der Waals surface area (Å²) in [5.74, 6) is 2.08. The molecule has 116 valence electrons. The fourth-order valence-electron chi connectivity index (χ4n) is 2.82. The summed E-state index contributed by atoms with van der Waals surface area (Å²) in [4.78, 5) is 0.303. The summed E-state index contributed by atoms with van der Waals surface area (Å²) >= 11 is 0. The van der Waals surface area contributed by atoms with E-state index in [1.54, 1.807) is 24.3 Å². The number of ether oxygens (including phenoxy) is 1. The maximum atomic E-state index is 12.3. The van der Waals surface area contributed by atoms with Gasteiger partial charge >= 0.3 is 0 Å². The maximum absolute atomic E-state index is 12.3. The highest BCUT2D eigenvalue weighted by atomic mass is 32.2. The smallest absolute Gasteiger partial charge is 0.240 e. The lowest BCUT2D eigenvalue weighted by Gasteiger charge is -2.11. The van der Waals surface area contributed by atoms with Crippen LogP contribution in [-0.4, -0.2) is 34.2 Å². The molecule has 1 aromatic rings. The van der Waals surface area contributed by atoms with Gasteiger partial charge in [0.05, 0.1) is 11.5 Å². The van der Waals surface area contributed by atoms with Gasteiger partial charge in [-0.05, 0) is 55.1 Å². The zero-order chi connectivity index (χ0) is 15.0. The fraction of sp³-hybridized carbons (Fsp3) is 0.600. The number of sulfonamides is 1. The topological polar surface area (TPSA) is 67.4 Å². The monoisotopic (exact) mass is 310 g/mol. The van der Waals surface area contributed by atoms with Crippen molar-refractivity contribution in [2.75, 3.05) is 19.7 Å². The van der Waals surface area contributed by atoms with Gasteiger partial charge in [0.25, 0.3) is 0 Å². The lowest BCUT2D eigenvalue weighted by atomic mass is 10.2. The molecular formula is C15H22N2O3S. The predicted molar refractivity (Wildman–Crippen MR) is 80.7 cm³/mol. The first-order valence-corrected chi connectivity index (χ1v) is 8.91. The largest absolute Gasteiger partial charge is 0.493 e. The van der Waals surface area contributed by atoms with Gasteiger partial charge < -0.3 is 10.1 Å². The summed E-state index contributed by atoms with van der Waals surface area (Å²) in [6, 6.07) is 6.74. The third kappa shape index (κ3) is 3.22. The van der Waals surface area contributed by atoms with Crippen LogP contribution in [-0.2, 0) is 10.0 Å². The number of hydrogen-bond donors (Lipinski definition) is 2. The highest BCUT2D eigenvalue weighted by molar-refractivity contribution is 7.89. The summed E-state index contributed by atoms with van der Waals surface area (Å²) in [5, 5.41) is 3.26. The van der Waals surface area contributed by atoms with Crippen LogP contribution in [0.15, 0.2) is 29.2 Å². The zero-order valence-corrected chi connectivity index (χ0v) is 13.2. The third-order valence-corrected chi connectivity index (χ3v) is 5.58. The van der Waals surface area contributed by atoms with Crippen molar-refractivity contribution in [2.24, 2.45) is 17.8 Å². The molecule has 2 atom stereocenters. The molecule has 0 radical (unpaired) electrons. The number of nitrogens with one attached hydrogen (secondary N) is 2. The van der Waals surface area contributed by atoms with E-state index in [1.165, 1.54) is 0 Å². The average molecular weight is 310 g/mol. The number of benzene rings is 1. The van der Waals surface area contributed by atoms with Gasteiger partial charge in [0.15, 0.2) is 0 Å². The van der Waals surface area contributed by atoms with E-state index in [1.807, 2.05) is 0 Å². The van der Waals surface area contributed by atoms with Crippen LogP contribution in [0.2, 0.25) is 0 Å². The zero-order valence-electron chi connectivity index (χ0n) is 12.4. The van der Waals surface area contributed by atoms with Gasteiger partial charge in [-0.25, -0.2) is 13.1 Å². The molecule has 21 heavy (non-hydrogen) atoms. The fourth-order valence-corrected chi connectivity index (χ4v) is 4.16. The molecule has 2 unspecified atom stereocenters. The van der Waals surface area contributed by atoms with Crippen LogP contribution in [0.3, 0.4) is 0 Å². The van der Waals surface area contributed by atoms with Gasteiger partial charge in [-0.2, -0.15) is 0 Å². The van der Waals surface area contributed by atoms with E-state index in [9.17, 15) is 8.42 Å².